The highest BCUT2D eigenvalue weighted by molar-refractivity contribution is 5.75. The maximum atomic E-state index is 11.7. The summed E-state index contributed by atoms with van der Waals surface area (Å²) in [5.74, 6) is -0.984. The van der Waals surface area contributed by atoms with Crippen molar-refractivity contribution >= 4 is 5.97 Å². The van der Waals surface area contributed by atoms with Crippen molar-refractivity contribution in [1.29, 1.82) is 0 Å². The Labute approximate surface area is 70.0 Å². The molecule has 0 radical (unpaired) electrons. The van der Waals surface area contributed by atoms with Crippen LogP contribution >= 0.6 is 0 Å². The molecule has 0 amide bonds. The minimum Gasteiger partial charge on any atom is -0.464 e. The van der Waals surface area contributed by atoms with Gasteiger partial charge < -0.3 is 14.9 Å². The highest BCUT2D eigenvalue weighted by atomic mass is 19.1. The summed E-state index contributed by atoms with van der Waals surface area (Å²) in [7, 11) is 0. The first kappa shape index (κ1) is 11.3. The zero-order chi connectivity index (χ0) is 9.56. The molecular weight excluding hydrogens is 167 g/mol. The van der Waals surface area contributed by atoms with Crippen molar-refractivity contribution in [2.45, 2.75) is 25.6 Å². The molecule has 12 heavy (non-hydrogen) atoms. The van der Waals surface area contributed by atoms with E-state index >= 15 is 0 Å². The molecule has 0 aliphatic carbocycles. The molecule has 2 N–H and O–H groups in total. The van der Waals surface area contributed by atoms with Gasteiger partial charge in [0.1, 0.15) is 12.8 Å². The van der Waals surface area contributed by atoms with Gasteiger partial charge in [-0.1, -0.05) is 6.92 Å². The summed E-state index contributed by atoms with van der Waals surface area (Å²) in [6.07, 6.45) is -2.85. The molecule has 0 fully saturated rings. The fourth-order valence-corrected chi connectivity index (χ4v) is 0.530. The van der Waals surface area contributed by atoms with Crippen LogP contribution in [-0.2, 0) is 9.53 Å². The molecule has 0 aliphatic heterocycles. The Hall–Kier alpha value is -0.680. The molecule has 0 heterocycles. The van der Waals surface area contributed by atoms with Crippen molar-refractivity contribution in [2.24, 2.45) is 0 Å². The number of alkyl halides is 1. The van der Waals surface area contributed by atoms with Gasteiger partial charge in [-0.25, -0.2) is 9.18 Å². The first-order chi connectivity index (χ1) is 5.63. The summed E-state index contributed by atoms with van der Waals surface area (Å²) in [5.41, 5.74) is 0. The second-order valence-electron chi connectivity index (χ2n) is 2.33. The van der Waals surface area contributed by atoms with Crippen LogP contribution in [-0.4, -0.2) is 41.7 Å². The highest BCUT2D eigenvalue weighted by Gasteiger charge is 2.25. The fraction of sp³-hybridized carbons (Fsp3) is 0.857. The number of rotatable bonds is 5. The van der Waals surface area contributed by atoms with Gasteiger partial charge in [-0.2, -0.15) is 0 Å². The lowest BCUT2D eigenvalue weighted by Crippen LogP contribution is -2.36. The van der Waals surface area contributed by atoms with Gasteiger partial charge in [0, 0.05) is 0 Å². The van der Waals surface area contributed by atoms with Gasteiger partial charge >= 0.3 is 5.97 Å². The summed E-state index contributed by atoms with van der Waals surface area (Å²) in [4.78, 5) is 10.7. The van der Waals surface area contributed by atoms with Crippen LogP contribution in [0.25, 0.3) is 0 Å². The van der Waals surface area contributed by atoms with E-state index < -0.39 is 24.9 Å². The Balaban J connectivity index is 3.75. The van der Waals surface area contributed by atoms with E-state index in [1.54, 1.807) is 6.92 Å². The van der Waals surface area contributed by atoms with Crippen LogP contribution in [0.15, 0.2) is 0 Å². The lowest BCUT2D eigenvalue weighted by Gasteiger charge is -2.12. The number of aliphatic hydroxyl groups is 2. The third-order valence-electron chi connectivity index (χ3n) is 1.21. The van der Waals surface area contributed by atoms with Gasteiger partial charge in [0.05, 0.1) is 6.61 Å². The first-order valence-corrected chi connectivity index (χ1v) is 3.72. The average Bonchev–Trinajstić information content (AvgIpc) is 2.11. The maximum absolute atomic E-state index is 11.7. The number of carbonyl (C=O) groups excluding carboxylic acids is 1. The van der Waals surface area contributed by atoms with Crippen LogP contribution in [0, 0.1) is 0 Å². The molecule has 0 bridgehead atoms. The number of halogens is 1. The summed E-state index contributed by atoms with van der Waals surface area (Å²) in [6.45, 7) is 0.780. The van der Waals surface area contributed by atoms with E-state index in [-0.39, 0.29) is 6.61 Å². The van der Waals surface area contributed by atoms with Crippen molar-refractivity contribution in [3.8, 4) is 0 Å². The van der Waals surface area contributed by atoms with Gasteiger partial charge in [0.15, 0.2) is 6.10 Å². The normalized spacial score (nSPS) is 15.3. The molecule has 0 saturated carbocycles. The molecule has 0 aromatic heterocycles. The zero-order valence-electron chi connectivity index (χ0n) is 6.86. The maximum Gasteiger partial charge on any atom is 0.337 e. The van der Waals surface area contributed by atoms with E-state index in [0.29, 0.717) is 6.42 Å². The molecular formula is C7H13FO4. The molecule has 4 nitrogen and oxygen atoms in total. The van der Waals surface area contributed by atoms with Crippen molar-refractivity contribution in [3.63, 3.8) is 0 Å². The van der Waals surface area contributed by atoms with Gasteiger partial charge in [-0.3, -0.25) is 0 Å². The topological polar surface area (TPSA) is 66.8 Å². The predicted octanol–water partition coefficient (Wildman–Crippen LogP) is -0.369. The Kier molecular flexibility index (Phi) is 5.57. The monoisotopic (exact) mass is 180 g/mol. The van der Waals surface area contributed by atoms with E-state index in [1.165, 1.54) is 0 Å². The Morgan fingerprint density at radius 3 is 2.58 bits per heavy atom. The minimum atomic E-state index is -1.78. The molecule has 5 heteroatoms. The van der Waals surface area contributed by atoms with Crippen molar-refractivity contribution in [3.05, 3.63) is 0 Å². The Morgan fingerprint density at radius 1 is 1.58 bits per heavy atom. The number of aliphatic hydroxyl groups excluding tert-OH is 2. The minimum absolute atomic E-state index is 0.162. The molecule has 2 atom stereocenters. The van der Waals surface area contributed by atoms with Crippen LogP contribution in [0.2, 0.25) is 0 Å². The molecule has 72 valence electrons. The summed E-state index contributed by atoms with van der Waals surface area (Å²) < 4.78 is 16.2. The first-order valence-electron chi connectivity index (χ1n) is 3.72. The second kappa shape index (κ2) is 5.91. The number of hydrogen-bond acceptors (Lipinski definition) is 4. The second-order valence-corrected chi connectivity index (χ2v) is 2.33. The summed E-state index contributed by atoms with van der Waals surface area (Å²) in [5, 5.41) is 17.5. The van der Waals surface area contributed by atoms with E-state index in [9.17, 15) is 9.18 Å². The van der Waals surface area contributed by atoms with Gasteiger partial charge in [0.2, 0.25) is 0 Å². The zero-order valence-corrected chi connectivity index (χ0v) is 6.86. The number of esters is 1. The SMILES string of the molecule is CCCOC(=O)[C@@H](O)[C@H](O)CF. The van der Waals surface area contributed by atoms with Crippen LogP contribution in [0.1, 0.15) is 13.3 Å². The third-order valence-corrected chi connectivity index (χ3v) is 1.21. The highest BCUT2D eigenvalue weighted by Crippen LogP contribution is 1.97. The van der Waals surface area contributed by atoms with Crippen LogP contribution in [0.5, 0.6) is 0 Å². The molecule has 0 saturated heterocycles. The molecule has 0 aliphatic rings. The molecule has 0 aromatic rings. The lowest BCUT2D eigenvalue weighted by atomic mass is 10.2. The Morgan fingerprint density at radius 2 is 2.17 bits per heavy atom. The van der Waals surface area contributed by atoms with Crippen molar-refractivity contribution in [1.82, 2.24) is 0 Å². The van der Waals surface area contributed by atoms with Crippen LogP contribution in [0.4, 0.5) is 4.39 Å². The van der Waals surface area contributed by atoms with E-state index in [1.807, 2.05) is 0 Å². The average molecular weight is 180 g/mol. The van der Waals surface area contributed by atoms with Crippen LogP contribution < -0.4 is 0 Å². The van der Waals surface area contributed by atoms with Gasteiger partial charge in [-0.15, -0.1) is 0 Å². The van der Waals surface area contributed by atoms with Gasteiger partial charge in [0.25, 0.3) is 0 Å². The third kappa shape index (κ3) is 3.64. The fourth-order valence-electron chi connectivity index (χ4n) is 0.530. The standard InChI is InChI=1S/C7H13FO4/c1-2-3-12-7(11)6(10)5(9)4-8/h5-6,9-10H,2-4H2,1H3/t5-,6+/m1/s1. The van der Waals surface area contributed by atoms with Crippen LogP contribution in [0.3, 0.4) is 0 Å². The lowest BCUT2D eigenvalue weighted by molar-refractivity contribution is -0.160. The van der Waals surface area contributed by atoms with E-state index in [0.717, 1.165) is 0 Å². The van der Waals surface area contributed by atoms with Gasteiger partial charge in [-0.05, 0) is 6.42 Å². The molecule has 0 aromatic carbocycles. The predicted molar refractivity (Wildman–Crippen MR) is 39.2 cm³/mol. The molecule has 0 unspecified atom stereocenters. The summed E-state index contributed by atoms with van der Waals surface area (Å²) >= 11 is 0. The van der Waals surface area contributed by atoms with E-state index in [2.05, 4.69) is 4.74 Å². The van der Waals surface area contributed by atoms with Crippen molar-refractivity contribution in [2.75, 3.05) is 13.3 Å². The van der Waals surface area contributed by atoms with Crippen molar-refractivity contribution < 1.29 is 24.1 Å². The summed E-state index contributed by atoms with van der Waals surface area (Å²) in [6, 6.07) is 0. The smallest absolute Gasteiger partial charge is 0.337 e. The largest absolute Gasteiger partial charge is 0.464 e. The number of hydrogen-bond donors (Lipinski definition) is 2. The molecule has 0 spiro atoms. The Bertz CT molecular complexity index is 139. The number of carbonyl (C=O) groups is 1. The quantitative estimate of drug-likeness (QED) is 0.566. The number of ether oxygens (including phenoxy) is 1. The molecule has 0 rings (SSSR count). The van der Waals surface area contributed by atoms with E-state index in [4.69, 9.17) is 10.2 Å².